The first-order valence-corrected chi connectivity index (χ1v) is 7.68. The quantitative estimate of drug-likeness (QED) is 0.869. The summed E-state index contributed by atoms with van der Waals surface area (Å²) in [6.45, 7) is 5.28. The van der Waals surface area contributed by atoms with Gasteiger partial charge >= 0.3 is 0 Å². The molecule has 0 radical (unpaired) electrons. The molecule has 0 aliphatic carbocycles. The van der Waals surface area contributed by atoms with E-state index in [1.807, 2.05) is 18.2 Å². The van der Waals surface area contributed by atoms with E-state index in [1.54, 1.807) is 0 Å². The molecule has 1 atom stereocenters. The van der Waals surface area contributed by atoms with Crippen molar-refractivity contribution in [2.45, 2.75) is 6.04 Å². The van der Waals surface area contributed by atoms with Crippen LogP contribution in [-0.4, -0.2) is 50.2 Å². The number of benzene rings is 1. The fourth-order valence-corrected chi connectivity index (χ4v) is 3.26. The number of hydrogen-bond donors (Lipinski definition) is 2. The molecule has 20 heavy (non-hydrogen) atoms. The highest BCUT2D eigenvalue weighted by atomic mass is 79.9. The average molecular weight is 340 g/mol. The molecule has 5 nitrogen and oxygen atoms in total. The second-order valence-corrected chi connectivity index (χ2v) is 5.89. The number of rotatable bonds is 4. The highest BCUT2D eigenvalue weighted by molar-refractivity contribution is 9.10. The van der Waals surface area contributed by atoms with Crippen LogP contribution >= 0.6 is 15.9 Å². The van der Waals surface area contributed by atoms with Gasteiger partial charge < -0.3 is 15.4 Å². The summed E-state index contributed by atoms with van der Waals surface area (Å²) in [7, 11) is 0. The number of hydrogen-bond acceptors (Lipinski definition) is 4. The molecule has 2 N–H and O–H groups in total. The molecule has 6 heteroatoms. The molecule has 0 bridgehead atoms. The zero-order chi connectivity index (χ0) is 13.9. The maximum absolute atomic E-state index is 12.0. The molecule has 1 aromatic carbocycles. The molecule has 0 aromatic heterocycles. The minimum Gasteiger partial charge on any atom is -0.379 e. The molecule has 0 spiro atoms. The molecule has 3 rings (SSSR count). The van der Waals surface area contributed by atoms with Crippen LogP contribution in [0.15, 0.2) is 22.7 Å². The smallest absolute Gasteiger partial charge is 0.246 e. The van der Waals surface area contributed by atoms with Crippen molar-refractivity contribution in [1.29, 1.82) is 0 Å². The number of halogens is 1. The van der Waals surface area contributed by atoms with Crippen LogP contribution in [-0.2, 0) is 9.53 Å². The second-order valence-electron chi connectivity index (χ2n) is 5.03. The van der Waals surface area contributed by atoms with Crippen LogP contribution in [0.5, 0.6) is 0 Å². The van der Waals surface area contributed by atoms with Gasteiger partial charge in [-0.2, -0.15) is 0 Å². The fraction of sp³-hybridized carbons (Fsp3) is 0.500. The Bertz CT molecular complexity index is 503. The van der Waals surface area contributed by atoms with Gasteiger partial charge in [0, 0.05) is 41.9 Å². The number of carbonyl (C=O) groups excluding carboxylic acids is 1. The molecule has 0 saturated carbocycles. The van der Waals surface area contributed by atoms with Crippen molar-refractivity contribution in [2.24, 2.45) is 0 Å². The van der Waals surface area contributed by atoms with Gasteiger partial charge in [0.2, 0.25) is 5.91 Å². The minimum atomic E-state index is -0.262. The molecule has 2 aliphatic heterocycles. The maximum Gasteiger partial charge on any atom is 0.246 e. The number of nitrogens with zero attached hydrogens (tertiary/aromatic N) is 1. The summed E-state index contributed by atoms with van der Waals surface area (Å²) < 4.78 is 6.30. The first kappa shape index (κ1) is 14.0. The van der Waals surface area contributed by atoms with Crippen molar-refractivity contribution in [1.82, 2.24) is 10.2 Å². The third kappa shape index (κ3) is 2.88. The number of nitrogens with one attached hydrogen (secondary N) is 2. The Labute approximate surface area is 126 Å². The lowest BCUT2D eigenvalue weighted by molar-refractivity contribution is -0.117. The summed E-state index contributed by atoms with van der Waals surface area (Å²) in [5, 5.41) is 6.26. The summed E-state index contributed by atoms with van der Waals surface area (Å²) >= 11 is 3.52. The molecule has 2 heterocycles. The van der Waals surface area contributed by atoms with Gasteiger partial charge in [-0.3, -0.25) is 9.69 Å². The zero-order valence-electron chi connectivity index (χ0n) is 11.2. The highest BCUT2D eigenvalue weighted by Gasteiger charge is 2.31. The van der Waals surface area contributed by atoms with Crippen LogP contribution in [0.3, 0.4) is 0 Å². The Balaban J connectivity index is 1.59. The largest absolute Gasteiger partial charge is 0.379 e. The third-order valence-electron chi connectivity index (χ3n) is 3.74. The number of fused-ring (bicyclic) bond motifs is 1. The zero-order valence-corrected chi connectivity index (χ0v) is 12.8. The van der Waals surface area contributed by atoms with Crippen molar-refractivity contribution in [3.63, 3.8) is 0 Å². The van der Waals surface area contributed by atoms with Gasteiger partial charge in [-0.25, -0.2) is 0 Å². The van der Waals surface area contributed by atoms with Crippen molar-refractivity contribution in [3.05, 3.63) is 28.2 Å². The van der Waals surface area contributed by atoms with Gasteiger partial charge in [0.25, 0.3) is 0 Å². The van der Waals surface area contributed by atoms with Crippen molar-refractivity contribution >= 4 is 27.5 Å². The van der Waals surface area contributed by atoms with Crippen LogP contribution < -0.4 is 10.6 Å². The minimum absolute atomic E-state index is 0.0221. The summed E-state index contributed by atoms with van der Waals surface area (Å²) in [6, 6.07) is 5.57. The van der Waals surface area contributed by atoms with E-state index in [9.17, 15) is 4.79 Å². The van der Waals surface area contributed by atoms with Gasteiger partial charge in [0.1, 0.15) is 6.04 Å². The monoisotopic (exact) mass is 339 g/mol. The van der Waals surface area contributed by atoms with E-state index in [0.29, 0.717) is 0 Å². The Hall–Kier alpha value is -0.950. The molecular weight excluding hydrogens is 322 g/mol. The van der Waals surface area contributed by atoms with E-state index in [2.05, 4.69) is 31.5 Å². The van der Waals surface area contributed by atoms with Gasteiger partial charge in [-0.1, -0.05) is 22.0 Å². The van der Waals surface area contributed by atoms with Gasteiger partial charge in [-0.15, -0.1) is 0 Å². The van der Waals surface area contributed by atoms with Crippen LogP contribution in [0.2, 0.25) is 0 Å². The van der Waals surface area contributed by atoms with Crippen LogP contribution in [0.4, 0.5) is 5.69 Å². The van der Waals surface area contributed by atoms with E-state index in [1.165, 1.54) is 0 Å². The van der Waals surface area contributed by atoms with E-state index in [0.717, 1.165) is 55.1 Å². The first-order valence-electron chi connectivity index (χ1n) is 6.88. The lowest BCUT2D eigenvalue weighted by Gasteiger charge is -2.27. The lowest BCUT2D eigenvalue weighted by atomic mass is 10.1. The Kier molecular flexibility index (Phi) is 4.35. The SMILES string of the molecule is O=C1Nc2cccc(Br)c2C1NCCN1CCOCC1. The lowest BCUT2D eigenvalue weighted by Crippen LogP contribution is -2.41. The number of anilines is 1. The van der Waals surface area contributed by atoms with Crippen LogP contribution in [0, 0.1) is 0 Å². The molecule has 1 fully saturated rings. The van der Waals surface area contributed by atoms with Crippen molar-refractivity contribution in [2.75, 3.05) is 44.7 Å². The Morgan fingerprint density at radius 2 is 2.20 bits per heavy atom. The molecule has 1 amide bonds. The van der Waals surface area contributed by atoms with Gasteiger partial charge in [0.05, 0.1) is 13.2 Å². The normalized spacial score (nSPS) is 22.6. The summed E-state index contributed by atoms with van der Waals surface area (Å²) in [4.78, 5) is 14.4. The molecule has 1 saturated heterocycles. The van der Waals surface area contributed by atoms with Gasteiger partial charge in [-0.05, 0) is 12.1 Å². The molecular formula is C14H18BrN3O2. The first-order chi connectivity index (χ1) is 9.75. The fourth-order valence-electron chi connectivity index (χ4n) is 2.66. The molecule has 1 unspecified atom stereocenters. The van der Waals surface area contributed by atoms with E-state index in [4.69, 9.17) is 4.74 Å². The predicted octanol–water partition coefficient (Wildman–Crippen LogP) is 1.36. The van der Waals surface area contributed by atoms with Crippen molar-refractivity contribution < 1.29 is 9.53 Å². The Morgan fingerprint density at radius 3 is 3.00 bits per heavy atom. The average Bonchev–Trinajstić information content (AvgIpc) is 2.78. The van der Waals surface area contributed by atoms with E-state index in [-0.39, 0.29) is 11.9 Å². The summed E-state index contributed by atoms with van der Waals surface area (Å²) in [5.74, 6) is 0.0221. The van der Waals surface area contributed by atoms with Crippen LogP contribution in [0.25, 0.3) is 0 Å². The predicted molar refractivity (Wildman–Crippen MR) is 80.8 cm³/mol. The molecule has 1 aromatic rings. The topological polar surface area (TPSA) is 53.6 Å². The number of ether oxygens (including phenoxy) is 1. The number of morpholine rings is 1. The molecule has 108 valence electrons. The van der Waals surface area contributed by atoms with Crippen LogP contribution in [0.1, 0.15) is 11.6 Å². The van der Waals surface area contributed by atoms with Gasteiger partial charge in [0.15, 0.2) is 0 Å². The third-order valence-corrected chi connectivity index (χ3v) is 4.43. The summed E-state index contributed by atoms with van der Waals surface area (Å²) in [6.07, 6.45) is 0. The summed E-state index contributed by atoms with van der Waals surface area (Å²) in [5.41, 5.74) is 1.91. The van der Waals surface area contributed by atoms with E-state index < -0.39 is 0 Å². The Morgan fingerprint density at radius 1 is 1.40 bits per heavy atom. The second kappa shape index (κ2) is 6.22. The number of carbonyl (C=O) groups is 1. The molecule has 2 aliphatic rings. The van der Waals surface area contributed by atoms with E-state index >= 15 is 0 Å². The number of amides is 1. The highest BCUT2D eigenvalue weighted by Crippen LogP contribution is 2.36. The standard InChI is InChI=1S/C14H18BrN3O2/c15-10-2-1-3-11-12(10)13(14(19)17-11)16-4-5-18-6-8-20-9-7-18/h1-3,13,16H,4-9H2,(H,17,19). The maximum atomic E-state index is 12.0. The van der Waals surface area contributed by atoms with Crippen molar-refractivity contribution in [3.8, 4) is 0 Å².